The van der Waals surface area contributed by atoms with Gasteiger partial charge < -0.3 is 15.7 Å². The van der Waals surface area contributed by atoms with E-state index in [4.69, 9.17) is 5.73 Å². The Kier molecular flexibility index (Phi) is 4.43. The number of phenolic OH excluding ortho intramolecular Hbond substituents is 1. The predicted octanol–water partition coefficient (Wildman–Crippen LogP) is 1.52. The third-order valence-corrected chi connectivity index (χ3v) is 3.88. The van der Waals surface area contributed by atoms with Gasteiger partial charge in [-0.25, -0.2) is 0 Å². The number of carbonyl (C=O) groups is 1. The van der Waals surface area contributed by atoms with Crippen molar-refractivity contribution in [2.24, 2.45) is 11.7 Å². The lowest BCUT2D eigenvalue weighted by Gasteiger charge is -2.21. The second kappa shape index (κ2) is 6.06. The van der Waals surface area contributed by atoms with E-state index in [0.717, 1.165) is 31.5 Å². The largest absolute Gasteiger partial charge is 0.508 e. The molecular weight excluding hydrogens is 240 g/mol. The van der Waals surface area contributed by atoms with Crippen molar-refractivity contribution in [3.8, 4) is 5.75 Å². The lowest BCUT2D eigenvalue weighted by molar-refractivity contribution is -0.131. The molecule has 2 atom stereocenters. The van der Waals surface area contributed by atoms with Crippen molar-refractivity contribution in [2.45, 2.75) is 32.2 Å². The van der Waals surface area contributed by atoms with E-state index in [9.17, 15) is 9.90 Å². The summed E-state index contributed by atoms with van der Waals surface area (Å²) in [5.74, 6) is 0.905. The van der Waals surface area contributed by atoms with Gasteiger partial charge >= 0.3 is 0 Å². The number of hydrogen-bond donors (Lipinski definition) is 2. The Hall–Kier alpha value is -1.55. The molecule has 19 heavy (non-hydrogen) atoms. The number of nitrogens with zero attached hydrogens (tertiary/aromatic N) is 1. The van der Waals surface area contributed by atoms with Crippen molar-refractivity contribution in [3.63, 3.8) is 0 Å². The first-order chi connectivity index (χ1) is 9.10. The van der Waals surface area contributed by atoms with E-state index >= 15 is 0 Å². The lowest BCUT2D eigenvalue weighted by atomic mass is 10.1. The standard InChI is InChI=1S/C15H22N2O2/c1-2-11-7-8-17(10-11)15(19)14(16)9-12-3-5-13(18)6-4-12/h3-6,11,14,18H,2,7-10,16H2,1H3. The molecule has 1 aliphatic heterocycles. The number of aromatic hydroxyl groups is 1. The Bertz CT molecular complexity index is 430. The number of likely N-dealkylation sites (tertiary alicyclic amines) is 1. The van der Waals surface area contributed by atoms with Crippen LogP contribution in [0.1, 0.15) is 25.3 Å². The van der Waals surface area contributed by atoms with Crippen LogP contribution in [0.5, 0.6) is 5.75 Å². The zero-order valence-corrected chi connectivity index (χ0v) is 11.4. The third-order valence-electron chi connectivity index (χ3n) is 3.88. The Morgan fingerprint density at radius 2 is 2.16 bits per heavy atom. The normalized spacial score (nSPS) is 20.5. The Labute approximate surface area is 114 Å². The second-order valence-electron chi connectivity index (χ2n) is 5.32. The van der Waals surface area contributed by atoms with E-state index in [1.165, 1.54) is 0 Å². The Balaban J connectivity index is 1.91. The van der Waals surface area contributed by atoms with Gasteiger partial charge in [-0.2, -0.15) is 0 Å². The molecule has 0 aliphatic carbocycles. The van der Waals surface area contributed by atoms with E-state index in [2.05, 4.69) is 6.92 Å². The van der Waals surface area contributed by atoms with Gasteiger partial charge in [-0.15, -0.1) is 0 Å². The summed E-state index contributed by atoms with van der Waals surface area (Å²) < 4.78 is 0. The molecule has 4 nitrogen and oxygen atoms in total. The van der Waals surface area contributed by atoms with Crippen LogP contribution in [0.25, 0.3) is 0 Å². The molecule has 1 saturated heterocycles. The molecule has 2 unspecified atom stereocenters. The number of nitrogens with two attached hydrogens (primary N) is 1. The molecule has 1 aromatic carbocycles. The fourth-order valence-corrected chi connectivity index (χ4v) is 2.57. The minimum Gasteiger partial charge on any atom is -0.508 e. The molecule has 1 aliphatic rings. The zero-order valence-electron chi connectivity index (χ0n) is 11.4. The lowest BCUT2D eigenvalue weighted by Crippen LogP contribution is -2.43. The number of amides is 1. The van der Waals surface area contributed by atoms with Crippen molar-refractivity contribution < 1.29 is 9.90 Å². The molecule has 0 radical (unpaired) electrons. The molecule has 0 bridgehead atoms. The third kappa shape index (κ3) is 3.47. The van der Waals surface area contributed by atoms with Gasteiger partial charge in [-0.1, -0.05) is 25.5 Å². The maximum absolute atomic E-state index is 12.2. The van der Waals surface area contributed by atoms with Crippen LogP contribution >= 0.6 is 0 Å². The highest BCUT2D eigenvalue weighted by molar-refractivity contribution is 5.82. The van der Waals surface area contributed by atoms with Crippen LogP contribution in [0.3, 0.4) is 0 Å². The van der Waals surface area contributed by atoms with Gasteiger partial charge in [0.25, 0.3) is 0 Å². The summed E-state index contributed by atoms with van der Waals surface area (Å²) in [4.78, 5) is 14.1. The average molecular weight is 262 g/mol. The van der Waals surface area contributed by atoms with Crippen LogP contribution in [-0.2, 0) is 11.2 Å². The molecule has 104 valence electrons. The summed E-state index contributed by atoms with van der Waals surface area (Å²) >= 11 is 0. The van der Waals surface area contributed by atoms with E-state index in [-0.39, 0.29) is 11.7 Å². The van der Waals surface area contributed by atoms with E-state index in [1.807, 2.05) is 4.90 Å². The first-order valence-electron chi connectivity index (χ1n) is 6.92. The van der Waals surface area contributed by atoms with Crippen molar-refractivity contribution in [1.82, 2.24) is 4.90 Å². The molecule has 1 heterocycles. The van der Waals surface area contributed by atoms with Crippen LogP contribution in [0.4, 0.5) is 0 Å². The Morgan fingerprint density at radius 3 is 2.74 bits per heavy atom. The molecule has 1 fully saturated rings. The van der Waals surface area contributed by atoms with Gasteiger partial charge in [-0.3, -0.25) is 4.79 Å². The fourth-order valence-electron chi connectivity index (χ4n) is 2.57. The number of carbonyl (C=O) groups excluding carboxylic acids is 1. The Morgan fingerprint density at radius 1 is 1.47 bits per heavy atom. The number of benzene rings is 1. The van der Waals surface area contributed by atoms with E-state index in [0.29, 0.717) is 12.3 Å². The van der Waals surface area contributed by atoms with Gasteiger partial charge in [0.1, 0.15) is 5.75 Å². The minimum absolute atomic E-state index is 0.0454. The van der Waals surface area contributed by atoms with Gasteiger partial charge in [0.2, 0.25) is 5.91 Å². The van der Waals surface area contributed by atoms with Crippen LogP contribution in [0.2, 0.25) is 0 Å². The van der Waals surface area contributed by atoms with Gasteiger partial charge in [-0.05, 0) is 36.5 Å². The molecule has 0 spiro atoms. The quantitative estimate of drug-likeness (QED) is 0.864. The van der Waals surface area contributed by atoms with Crippen molar-refractivity contribution in [3.05, 3.63) is 29.8 Å². The minimum atomic E-state index is -0.486. The summed E-state index contributed by atoms with van der Waals surface area (Å²) in [6.45, 7) is 3.84. The average Bonchev–Trinajstić information content (AvgIpc) is 2.89. The summed E-state index contributed by atoms with van der Waals surface area (Å²) in [6.07, 6.45) is 2.73. The summed E-state index contributed by atoms with van der Waals surface area (Å²) in [5.41, 5.74) is 6.98. The molecule has 4 heteroatoms. The molecule has 1 amide bonds. The van der Waals surface area contributed by atoms with E-state index in [1.54, 1.807) is 24.3 Å². The van der Waals surface area contributed by atoms with Gasteiger partial charge in [0.15, 0.2) is 0 Å². The van der Waals surface area contributed by atoms with Gasteiger partial charge in [0.05, 0.1) is 6.04 Å². The van der Waals surface area contributed by atoms with E-state index < -0.39 is 6.04 Å². The molecular formula is C15H22N2O2. The summed E-state index contributed by atoms with van der Waals surface area (Å²) in [6, 6.07) is 6.37. The number of rotatable bonds is 4. The molecule has 0 saturated carbocycles. The van der Waals surface area contributed by atoms with Crippen LogP contribution in [0, 0.1) is 5.92 Å². The maximum atomic E-state index is 12.2. The highest BCUT2D eigenvalue weighted by atomic mass is 16.3. The maximum Gasteiger partial charge on any atom is 0.239 e. The monoisotopic (exact) mass is 262 g/mol. The molecule has 3 N–H and O–H groups in total. The number of phenols is 1. The van der Waals surface area contributed by atoms with Crippen molar-refractivity contribution in [2.75, 3.05) is 13.1 Å². The zero-order chi connectivity index (χ0) is 13.8. The SMILES string of the molecule is CCC1CCN(C(=O)C(N)Cc2ccc(O)cc2)C1. The fraction of sp³-hybridized carbons (Fsp3) is 0.533. The summed E-state index contributed by atoms with van der Waals surface area (Å²) in [5, 5.41) is 9.22. The molecule has 1 aromatic rings. The molecule has 0 aromatic heterocycles. The highest BCUT2D eigenvalue weighted by Gasteiger charge is 2.28. The summed E-state index contributed by atoms with van der Waals surface area (Å²) in [7, 11) is 0. The van der Waals surface area contributed by atoms with Crippen LogP contribution in [0.15, 0.2) is 24.3 Å². The smallest absolute Gasteiger partial charge is 0.239 e. The van der Waals surface area contributed by atoms with Crippen LogP contribution < -0.4 is 5.73 Å². The second-order valence-corrected chi connectivity index (χ2v) is 5.32. The van der Waals surface area contributed by atoms with Crippen molar-refractivity contribution >= 4 is 5.91 Å². The topological polar surface area (TPSA) is 66.6 Å². The van der Waals surface area contributed by atoms with Crippen molar-refractivity contribution in [1.29, 1.82) is 0 Å². The first-order valence-corrected chi connectivity index (χ1v) is 6.92. The molecule has 2 rings (SSSR count). The van der Waals surface area contributed by atoms with Crippen LogP contribution in [-0.4, -0.2) is 35.0 Å². The highest BCUT2D eigenvalue weighted by Crippen LogP contribution is 2.20. The first kappa shape index (κ1) is 13.9. The predicted molar refractivity (Wildman–Crippen MR) is 74.8 cm³/mol. The number of hydrogen-bond acceptors (Lipinski definition) is 3. The van der Waals surface area contributed by atoms with Gasteiger partial charge in [0, 0.05) is 13.1 Å².